The lowest BCUT2D eigenvalue weighted by Gasteiger charge is -2.32. The number of hydrogen-bond donors (Lipinski definition) is 1. The molecular formula is C10H18N2O2. The van der Waals surface area contributed by atoms with E-state index < -0.39 is 0 Å². The Morgan fingerprint density at radius 2 is 2.21 bits per heavy atom. The van der Waals surface area contributed by atoms with Gasteiger partial charge in [-0.05, 0) is 25.7 Å². The van der Waals surface area contributed by atoms with E-state index in [1.165, 1.54) is 5.06 Å². The second kappa shape index (κ2) is 4.77. The number of piperidine rings is 1. The van der Waals surface area contributed by atoms with E-state index in [9.17, 15) is 5.21 Å². The van der Waals surface area contributed by atoms with Crippen LogP contribution in [0.2, 0.25) is 0 Å². The summed E-state index contributed by atoms with van der Waals surface area (Å²) in [6.45, 7) is 2.37. The van der Waals surface area contributed by atoms with Crippen LogP contribution >= 0.6 is 0 Å². The summed E-state index contributed by atoms with van der Waals surface area (Å²) in [7, 11) is 0. The molecule has 0 aromatic heterocycles. The molecule has 0 bridgehead atoms. The normalized spacial score (nSPS) is 29.5. The van der Waals surface area contributed by atoms with Gasteiger partial charge in [0, 0.05) is 19.3 Å². The van der Waals surface area contributed by atoms with E-state index in [0.717, 1.165) is 38.8 Å². The highest BCUT2D eigenvalue weighted by atomic mass is 16.7. The van der Waals surface area contributed by atoms with Crippen LogP contribution in [0, 0.1) is 0 Å². The van der Waals surface area contributed by atoms with Crippen LogP contribution in [-0.4, -0.2) is 41.1 Å². The van der Waals surface area contributed by atoms with Crippen molar-refractivity contribution >= 4 is 0 Å². The molecule has 0 spiro atoms. The quantitative estimate of drug-likeness (QED) is 0.727. The summed E-state index contributed by atoms with van der Waals surface area (Å²) in [5, 5.41) is 12.6. The first kappa shape index (κ1) is 9.96. The average Bonchev–Trinajstić information content (AvgIpc) is 2.19. The van der Waals surface area contributed by atoms with Gasteiger partial charge >= 0.3 is 0 Å². The maximum atomic E-state index is 9.33. The fourth-order valence-electron chi connectivity index (χ4n) is 1.92. The Labute approximate surface area is 84.7 Å². The molecule has 1 atom stereocenters. The molecule has 4 nitrogen and oxygen atoms in total. The minimum absolute atomic E-state index is 0.150. The van der Waals surface area contributed by atoms with Gasteiger partial charge in [0.2, 0.25) is 0 Å². The lowest BCUT2D eigenvalue weighted by atomic mass is 10.1. The fourth-order valence-corrected chi connectivity index (χ4v) is 1.92. The van der Waals surface area contributed by atoms with E-state index in [1.807, 2.05) is 11.3 Å². The summed E-state index contributed by atoms with van der Waals surface area (Å²) >= 11 is 0. The van der Waals surface area contributed by atoms with Crippen LogP contribution < -0.4 is 0 Å². The molecule has 0 radical (unpaired) electrons. The number of hydroxylamine groups is 4. The maximum Gasteiger partial charge on any atom is 0.101 e. The molecular weight excluding hydrogens is 180 g/mol. The minimum Gasteiger partial charge on any atom is -0.314 e. The second-order valence-electron chi connectivity index (χ2n) is 3.95. The summed E-state index contributed by atoms with van der Waals surface area (Å²) in [5.74, 6) is 0. The first-order chi connectivity index (χ1) is 6.84. The molecule has 1 unspecified atom stereocenters. The van der Waals surface area contributed by atoms with E-state index in [-0.39, 0.29) is 6.10 Å². The standard InChI is InChI=1S/C10H18N2O2/c13-11-6-4-5-10(9-11)14-12-7-2-1-3-8-12/h2,7,10,13H,1,3-6,8-9H2. The summed E-state index contributed by atoms with van der Waals surface area (Å²) in [4.78, 5) is 5.75. The zero-order valence-corrected chi connectivity index (χ0v) is 8.43. The van der Waals surface area contributed by atoms with Crippen LogP contribution in [0.1, 0.15) is 25.7 Å². The van der Waals surface area contributed by atoms with Gasteiger partial charge in [0.05, 0.1) is 6.54 Å². The topological polar surface area (TPSA) is 35.9 Å². The molecule has 14 heavy (non-hydrogen) atoms. The Morgan fingerprint density at radius 3 is 2.93 bits per heavy atom. The van der Waals surface area contributed by atoms with Crippen LogP contribution in [0.4, 0.5) is 0 Å². The number of allylic oxidation sites excluding steroid dienone is 1. The molecule has 0 saturated carbocycles. The molecule has 1 fully saturated rings. The van der Waals surface area contributed by atoms with Gasteiger partial charge in [0.1, 0.15) is 6.10 Å². The van der Waals surface area contributed by atoms with Crippen molar-refractivity contribution in [2.75, 3.05) is 19.6 Å². The molecule has 2 heterocycles. The second-order valence-corrected chi connectivity index (χ2v) is 3.95. The van der Waals surface area contributed by atoms with Crippen LogP contribution in [-0.2, 0) is 4.84 Å². The van der Waals surface area contributed by atoms with E-state index in [1.54, 1.807) is 0 Å². The Hall–Kier alpha value is -0.580. The Kier molecular flexibility index (Phi) is 3.39. The zero-order valence-electron chi connectivity index (χ0n) is 8.43. The molecule has 80 valence electrons. The average molecular weight is 198 g/mol. The number of rotatable bonds is 2. The van der Waals surface area contributed by atoms with Crippen LogP contribution in [0.25, 0.3) is 0 Å². The van der Waals surface area contributed by atoms with E-state index in [0.29, 0.717) is 6.54 Å². The largest absolute Gasteiger partial charge is 0.314 e. The summed E-state index contributed by atoms with van der Waals surface area (Å²) < 4.78 is 0. The van der Waals surface area contributed by atoms with Gasteiger partial charge in [-0.3, -0.25) is 9.90 Å². The van der Waals surface area contributed by atoms with Crippen molar-refractivity contribution in [1.82, 2.24) is 10.1 Å². The van der Waals surface area contributed by atoms with E-state index in [2.05, 4.69) is 6.08 Å². The Morgan fingerprint density at radius 1 is 1.29 bits per heavy atom. The van der Waals surface area contributed by atoms with Gasteiger partial charge in [0.15, 0.2) is 0 Å². The smallest absolute Gasteiger partial charge is 0.101 e. The van der Waals surface area contributed by atoms with Crippen molar-refractivity contribution in [2.24, 2.45) is 0 Å². The molecule has 1 saturated heterocycles. The molecule has 0 aromatic rings. The summed E-state index contributed by atoms with van der Waals surface area (Å²) in [5.41, 5.74) is 0. The van der Waals surface area contributed by atoms with Crippen molar-refractivity contribution in [3.63, 3.8) is 0 Å². The third-order valence-electron chi connectivity index (χ3n) is 2.66. The third-order valence-corrected chi connectivity index (χ3v) is 2.66. The van der Waals surface area contributed by atoms with Gasteiger partial charge in [-0.2, -0.15) is 5.06 Å². The van der Waals surface area contributed by atoms with Gasteiger partial charge < -0.3 is 5.21 Å². The highest BCUT2D eigenvalue weighted by Gasteiger charge is 2.21. The van der Waals surface area contributed by atoms with E-state index >= 15 is 0 Å². The number of hydrogen-bond acceptors (Lipinski definition) is 4. The highest BCUT2D eigenvalue weighted by molar-refractivity contribution is 4.84. The predicted octanol–water partition coefficient (Wildman–Crippen LogP) is 1.38. The SMILES string of the molecule is ON1CCCC(ON2C=CCCC2)C1. The molecule has 2 aliphatic heterocycles. The first-order valence-corrected chi connectivity index (χ1v) is 5.38. The van der Waals surface area contributed by atoms with E-state index in [4.69, 9.17) is 4.84 Å². The summed E-state index contributed by atoms with van der Waals surface area (Å²) in [6, 6.07) is 0. The lowest BCUT2D eigenvalue weighted by Crippen LogP contribution is -2.40. The van der Waals surface area contributed by atoms with Crippen LogP contribution in [0.15, 0.2) is 12.3 Å². The van der Waals surface area contributed by atoms with Gasteiger partial charge in [-0.25, -0.2) is 0 Å². The lowest BCUT2D eigenvalue weighted by molar-refractivity contribution is -0.216. The number of nitrogens with zero attached hydrogens (tertiary/aromatic N) is 2. The van der Waals surface area contributed by atoms with Crippen LogP contribution in [0.3, 0.4) is 0 Å². The zero-order chi connectivity index (χ0) is 9.80. The molecule has 2 rings (SSSR count). The molecule has 0 aromatic carbocycles. The molecule has 0 aliphatic carbocycles. The van der Waals surface area contributed by atoms with Crippen molar-refractivity contribution in [2.45, 2.75) is 31.8 Å². The fraction of sp³-hybridized carbons (Fsp3) is 0.800. The Bertz CT molecular complexity index is 208. The monoisotopic (exact) mass is 198 g/mol. The molecule has 0 amide bonds. The molecule has 2 aliphatic rings. The molecule has 4 heteroatoms. The first-order valence-electron chi connectivity index (χ1n) is 5.38. The van der Waals surface area contributed by atoms with Crippen LogP contribution in [0.5, 0.6) is 0 Å². The third kappa shape index (κ3) is 2.70. The van der Waals surface area contributed by atoms with Gasteiger partial charge in [-0.1, -0.05) is 6.08 Å². The minimum atomic E-state index is 0.150. The molecule has 1 N–H and O–H groups in total. The van der Waals surface area contributed by atoms with Crippen molar-refractivity contribution in [3.05, 3.63) is 12.3 Å². The Balaban J connectivity index is 1.78. The van der Waals surface area contributed by atoms with Gasteiger partial charge in [0.25, 0.3) is 0 Å². The van der Waals surface area contributed by atoms with Crippen molar-refractivity contribution < 1.29 is 10.0 Å². The van der Waals surface area contributed by atoms with Gasteiger partial charge in [-0.15, -0.1) is 0 Å². The summed E-state index contributed by atoms with van der Waals surface area (Å²) in [6.07, 6.45) is 8.64. The highest BCUT2D eigenvalue weighted by Crippen LogP contribution is 2.15. The maximum absolute atomic E-state index is 9.33. The van der Waals surface area contributed by atoms with Crippen molar-refractivity contribution in [1.29, 1.82) is 0 Å². The van der Waals surface area contributed by atoms with Crippen molar-refractivity contribution in [3.8, 4) is 0 Å². The predicted molar refractivity (Wildman–Crippen MR) is 52.5 cm³/mol.